The molecule has 0 aromatic carbocycles. The van der Waals surface area contributed by atoms with Crippen molar-refractivity contribution >= 4 is 27.6 Å². The molecular weight excluding hydrogens is 324 g/mol. The lowest BCUT2D eigenvalue weighted by molar-refractivity contribution is -0.386. The molecule has 0 aliphatic carbocycles. The molecule has 8 nitrogen and oxygen atoms in total. The van der Waals surface area contributed by atoms with Crippen molar-refractivity contribution in [1.82, 2.24) is 4.57 Å². The first-order valence-electron chi connectivity index (χ1n) is 5.04. The number of ether oxygens (including phenoxy) is 1. The minimum Gasteiger partial charge on any atom is -0.467 e. The van der Waals surface area contributed by atoms with Gasteiger partial charge in [0.05, 0.1) is 29.2 Å². The third-order valence-corrected chi connectivity index (χ3v) is 2.89. The van der Waals surface area contributed by atoms with Crippen LogP contribution >= 0.6 is 15.9 Å². The molecule has 0 amide bonds. The van der Waals surface area contributed by atoms with Gasteiger partial charge in [0.2, 0.25) is 0 Å². The van der Waals surface area contributed by atoms with Gasteiger partial charge in [-0.2, -0.15) is 0 Å². The average Bonchev–Trinajstić information content (AvgIpc) is 2.31. The van der Waals surface area contributed by atoms with Crippen molar-refractivity contribution in [3.05, 3.63) is 37.2 Å². The number of esters is 1. The summed E-state index contributed by atoms with van der Waals surface area (Å²) in [7, 11) is 1.11. The maximum absolute atomic E-state index is 11.5. The fourth-order valence-corrected chi connectivity index (χ4v) is 1.91. The van der Waals surface area contributed by atoms with Crippen LogP contribution in [-0.2, 0) is 16.1 Å². The summed E-state index contributed by atoms with van der Waals surface area (Å²) in [6.07, 6.45) is 2.19. The molecule has 1 aromatic rings. The third-order valence-electron chi connectivity index (χ3n) is 2.33. The van der Waals surface area contributed by atoms with Crippen LogP contribution in [0.25, 0.3) is 0 Å². The Hall–Kier alpha value is -1.74. The van der Waals surface area contributed by atoms with Gasteiger partial charge in [-0.25, -0.2) is 4.79 Å². The molecule has 104 valence electrons. The Balaban J connectivity index is 3.20. The van der Waals surface area contributed by atoms with Crippen molar-refractivity contribution in [3.8, 4) is 0 Å². The molecule has 19 heavy (non-hydrogen) atoms. The van der Waals surface area contributed by atoms with Crippen LogP contribution in [0.5, 0.6) is 0 Å². The second kappa shape index (κ2) is 5.49. The summed E-state index contributed by atoms with van der Waals surface area (Å²) < 4.78 is 5.54. The van der Waals surface area contributed by atoms with Crippen LogP contribution in [0, 0.1) is 10.1 Å². The van der Waals surface area contributed by atoms with Gasteiger partial charge in [-0.05, 0) is 22.9 Å². The number of nitrogens with zero attached hydrogens (tertiary/aromatic N) is 2. The molecule has 0 radical (unpaired) electrons. The van der Waals surface area contributed by atoms with Crippen molar-refractivity contribution in [2.75, 3.05) is 7.11 Å². The van der Waals surface area contributed by atoms with Crippen LogP contribution in [0.1, 0.15) is 6.92 Å². The summed E-state index contributed by atoms with van der Waals surface area (Å²) in [6.45, 7) is 0.913. The Bertz CT molecular complexity index is 580. The van der Waals surface area contributed by atoms with Gasteiger partial charge in [0, 0.05) is 6.20 Å². The Labute approximate surface area is 115 Å². The quantitative estimate of drug-likeness (QED) is 0.486. The Kier molecular flexibility index (Phi) is 4.43. The fraction of sp³-hybridized carbons (Fsp3) is 0.400. The van der Waals surface area contributed by atoms with Crippen molar-refractivity contribution in [2.45, 2.75) is 19.1 Å². The number of rotatable bonds is 4. The van der Waals surface area contributed by atoms with Gasteiger partial charge in [-0.15, -0.1) is 0 Å². The average molecular weight is 335 g/mol. The summed E-state index contributed by atoms with van der Waals surface area (Å²) in [5.74, 6) is -0.884. The van der Waals surface area contributed by atoms with E-state index in [1.165, 1.54) is 17.7 Å². The summed E-state index contributed by atoms with van der Waals surface area (Å²) in [5.41, 5.74) is -3.30. The minimum atomic E-state index is -1.86. The molecule has 1 aromatic heterocycles. The lowest BCUT2D eigenvalue weighted by Crippen LogP contribution is -2.40. The highest BCUT2D eigenvalue weighted by molar-refractivity contribution is 9.10. The van der Waals surface area contributed by atoms with Crippen LogP contribution in [-0.4, -0.2) is 33.3 Å². The largest absolute Gasteiger partial charge is 0.467 e. The van der Waals surface area contributed by atoms with Gasteiger partial charge in [0.1, 0.15) is 0 Å². The van der Waals surface area contributed by atoms with Gasteiger partial charge < -0.3 is 14.4 Å². The molecule has 1 unspecified atom stereocenters. The molecule has 0 fully saturated rings. The lowest BCUT2D eigenvalue weighted by atomic mass is 10.1. The number of carbonyl (C=O) groups excluding carboxylic acids is 1. The minimum absolute atomic E-state index is 0.0395. The van der Waals surface area contributed by atoms with E-state index in [4.69, 9.17) is 0 Å². The standard InChI is InChI=1S/C10H11BrN2O6/c1-10(16,9(15)19-2)5-12-3-6(11)8(14)7(4-12)13(17)18/h3-4,16H,5H2,1-2H3. The van der Waals surface area contributed by atoms with Crippen LogP contribution < -0.4 is 5.43 Å². The molecule has 1 rings (SSSR count). The molecule has 0 saturated carbocycles. The number of hydrogen-bond donors (Lipinski definition) is 1. The number of halogens is 1. The van der Waals surface area contributed by atoms with Crippen LogP contribution in [0.3, 0.4) is 0 Å². The van der Waals surface area contributed by atoms with Crippen LogP contribution in [0.15, 0.2) is 21.7 Å². The van der Waals surface area contributed by atoms with Gasteiger partial charge in [0.15, 0.2) is 5.60 Å². The second-order valence-corrected chi connectivity index (χ2v) is 4.87. The zero-order valence-electron chi connectivity index (χ0n) is 10.1. The highest BCUT2D eigenvalue weighted by Gasteiger charge is 2.32. The van der Waals surface area contributed by atoms with E-state index in [1.54, 1.807) is 0 Å². The molecule has 9 heteroatoms. The Morgan fingerprint density at radius 1 is 1.63 bits per heavy atom. The number of pyridine rings is 1. The topological polar surface area (TPSA) is 112 Å². The Morgan fingerprint density at radius 3 is 2.68 bits per heavy atom. The third kappa shape index (κ3) is 3.38. The Morgan fingerprint density at radius 2 is 2.21 bits per heavy atom. The van der Waals surface area contributed by atoms with Crippen molar-refractivity contribution in [3.63, 3.8) is 0 Å². The predicted molar refractivity (Wildman–Crippen MR) is 67.7 cm³/mol. The normalized spacial score (nSPS) is 13.7. The lowest BCUT2D eigenvalue weighted by Gasteiger charge is -2.21. The highest BCUT2D eigenvalue weighted by atomic mass is 79.9. The molecule has 0 saturated heterocycles. The molecule has 0 aliphatic rings. The van der Waals surface area contributed by atoms with E-state index in [0.29, 0.717) is 0 Å². The summed E-state index contributed by atoms with van der Waals surface area (Å²) in [6, 6.07) is 0. The number of carbonyl (C=O) groups is 1. The first-order valence-corrected chi connectivity index (χ1v) is 5.83. The number of nitro groups is 1. The van der Waals surface area contributed by atoms with E-state index in [1.807, 2.05) is 0 Å². The van der Waals surface area contributed by atoms with Crippen molar-refractivity contribution in [1.29, 1.82) is 0 Å². The molecule has 1 N–H and O–H groups in total. The summed E-state index contributed by atoms with van der Waals surface area (Å²) in [5, 5.41) is 20.6. The fourth-order valence-electron chi connectivity index (χ4n) is 1.44. The molecule has 1 heterocycles. The zero-order valence-corrected chi connectivity index (χ0v) is 11.7. The number of aliphatic hydroxyl groups is 1. The molecule has 0 aliphatic heterocycles. The van der Waals surface area contributed by atoms with Crippen LogP contribution in [0.4, 0.5) is 5.69 Å². The SMILES string of the molecule is COC(=O)C(C)(O)Cn1cc(Br)c(=O)c([N+](=O)[O-])c1. The second-order valence-electron chi connectivity index (χ2n) is 4.02. The van der Waals surface area contributed by atoms with E-state index >= 15 is 0 Å². The number of aromatic nitrogens is 1. The zero-order chi connectivity index (χ0) is 14.8. The summed E-state index contributed by atoms with van der Waals surface area (Å²) in [4.78, 5) is 32.6. The smallest absolute Gasteiger partial charge is 0.339 e. The van der Waals surface area contributed by atoms with E-state index in [2.05, 4.69) is 20.7 Å². The molecule has 0 bridgehead atoms. The first kappa shape index (κ1) is 15.3. The maximum Gasteiger partial charge on any atom is 0.339 e. The number of hydrogen-bond acceptors (Lipinski definition) is 6. The van der Waals surface area contributed by atoms with E-state index in [9.17, 15) is 24.8 Å². The highest BCUT2D eigenvalue weighted by Crippen LogP contribution is 2.15. The molecule has 1 atom stereocenters. The van der Waals surface area contributed by atoms with Gasteiger partial charge in [-0.1, -0.05) is 0 Å². The van der Waals surface area contributed by atoms with Crippen LogP contribution in [0.2, 0.25) is 0 Å². The monoisotopic (exact) mass is 334 g/mol. The number of methoxy groups -OCH3 is 1. The molecular formula is C10H11BrN2O6. The molecule has 0 spiro atoms. The van der Waals surface area contributed by atoms with E-state index in [-0.39, 0.29) is 11.0 Å². The first-order chi connectivity index (χ1) is 8.69. The van der Waals surface area contributed by atoms with E-state index < -0.39 is 27.6 Å². The maximum atomic E-state index is 11.5. The summed E-state index contributed by atoms with van der Waals surface area (Å²) >= 11 is 2.89. The van der Waals surface area contributed by atoms with Gasteiger partial charge in [0.25, 0.3) is 5.43 Å². The predicted octanol–water partition coefficient (Wildman–Crippen LogP) is 0.443. The van der Waals surface area contributed by atoms with Gasteiger partial charge in [-0.3, -0.25) is 14.9 Å². The van der Waals surface area contributed by atoms with E-state index in [0.717, 1.165) is 13.3 Å². The van der Waals surface area contributed by atoms with Gasteiger partial charge >= 0.3 is 11.7 Å². The van der Waals surface area contributed by atoms with Crippen molar-refractivity contribution < 1.29 is 19.6 Å². The van der Waals surface area contributed by atoms with Crippen molar-refractivity contribution in [2.24, 2.45) is 0 Å².